The molecule has 1 atom stereocenters. The van der Waals surface area contributed by atoms with E-state index >= 15 is 0 Å². The SMILES string of the molecule is C=C1/C(=N\O)c2cc(F)ccc2C1Cc1ccc(C)cc1. The van der Waals surface area contributed by atoms with Crippen LogP contribution in [-0.4, -0.2) is 10.9 Å². The number of oxime groups is 1. The molecule has 0 fully saturated rings. The van der Waals surface area contributed by atoms with E-state index < -0.39 is 0 Å². The highest BCUT2D eigenvalue weighted by atomic mass is 19.1. The molecule has 1 aliphatic rings. The van der Waals surface area contributed by atoms with Crippen molar-refractivity contribution in [2.75, 3.05) is 0 Å². The molecule has 2 nitrogen and oxygen atoms in total. The van der Waals surface area contributed by atoms with Crippen LogP contribution in [-0.2, 0) is 6.42 Å². The van der Waals surface area contributed by atoms with Crippen molar-refractivity contribution in [3.05, 3.63) is 82.7 Å². The zero-order chi connectivity index (χ0) is 15.0. The lowest BCUT2D eigenvalue weighted by atomic mass is 9.91. The van der Waals surface area contributed by atoms with Gasteiger partial charge < -0.3 is 5.21 Å². The monoisotopic (exact) mass is 281 g/mol. The molecular weight excluding hydrogens is 265 g/mol. The first-order chi connectivity index (χ1) is 10.1. The van der Waals surface area contributed by atoms with Crippen LogP contribution in [0, 0.1) is 12.7 Å². The molecule has 0 aliphatic heterocycles. The van der Waals surface area contributed by atoms with Crippen molar-refractivity contribution in [1.29, 1.82) is 0 Å². The van der Waals surface area contributed by atoms with Crippen LogP contribution in [0.15, 0.2) is 59.8 Å². The molecule has 2 aromatic rings. The molecule has 3 rings (SSSR count). The van der Waals surface area contributed by atoms with Crippen molar-refractivity contribution in [2.45, 2.75) is 19.3 Å². The van der Waals surface area contributed by atoms with Crippen LogP contribution in [0.4, 0.5) is 4.39 Å². The zero-order valence-electron chi connectivity index (χ0n) is 11.8. The Labute approximate surface area is 123 Å². The third kappa shape index (κ3) is 2.35. The fourth-order valence-corrected chi connectivity index (χ4v) is 2.87. The predicted molar refractivity (Wildman–Crippen MR) is 81.5 cm³/mol. The van der Waals surface area contributed by atoms with E-state index in [1.54, 1.807) is 6.07 Å². The molecule has 1 N–H and O–H groups in total. The van der Waals surface area contributed by atoms with Gasteiger partial charge in [-0.1, -0.05) is 47.6 Å². The van der Waals surface area contributed by atoms with Gasteiger partial charge in [0, 0.05) is 11.5 Å². The highest BCUT2D eigenvalue weighted by molar-refractivity contribution is 6.17. The minimum Gasteiger partial charge on any atom is -0.410 e. The number of allylic oxidation sites excluding steroid dienone is 1. The van der Waals surface area contributed by atoms with Gasteiger partial charge in [-0.25, -0.2) is 4.39 Å². The summed E-state index contributed by atoms with van der Waals surface area (Å²) in [4.78, 5) is 0. The molecular formula is C18H16FNO. The first-order valence-electron chi connectivity index (χ1n) is 6.86. The Morgan fingerprint density at radius 2 is 1.90 bits per heavy atom. The van der Waals surface area contributed by atoms with Crippen molar-refractivity contribution in [2.24, 2.45) is 5.16 Å². The van der Waals surface area contributed by atoms with Gasteiger partial charge in [0.25, 0.3) is 0 Å². The first-order valence-corrected chi connectivity index (χ1v) is 6.86. The van der Waals surface area contributed by atoms with E-state index in [-0.39, 0.29) is 11.7 Å². The summed E-state index contributed by atoms with van der Waals surface area (Å²) in [5.74, 6) is -0.312. The molecule has 2 aromatic carbocycles. The molecule has 0 spiro atoms. The van der Waals surface area contributed by atoms with Crippen molar-refractivity contribution in [3.63, 3.8) is 0 Å². The highest BCUT2D eigenvalue weighted by Gasteiger charge is 2.32. The minimum absolute atomic E-state index is 0.0224. The quantitative estimate of drug-likeness (QED) is 0.649. The van der Waals surface area contributed by atoms with E-state index in [0.29, 0.717) is 11.3 Å². The van der Waals surface area contributed by atoms with Crippen LogP contribution in [0.5, 0.6) is 0 Å². The van der Waals surface area contributed by atoms with E-state index in [1.807, 2.05) is 6.92 Å². The standard InChI is InChI=1S/C18H16FNO/c1-11-3-5-13(6-4-11)9-16-12(2)18(20-21)17-10-14(19)7-8-15(16)17/h3-8,10,16,21H,2,9H2,1H3/b20-18+. The number of rotatable bonds is 2. The minimum atomic E-state index is -0.335. The van der Waals surface area contributed by atoms with Gasteiger partial charge in [0.05, 0.1) is 0 Å². The maximum atomic E-state index is 13.4. The molecule has 21 heavy (non-hydrogen) atoms. The second-order valence-electron chi connectivity index (χ2n) is 5.45. The van der Waals surface area contributed by atoms with E-state index in [9.17, 15) is 9.60 Å². The Kier molecular flexibility index (Phi) is 3.34. The summed E-state index contributed by atoms with van der Waals surface area (Å²) in [6, 6.07) is 12.9. The zero-order valence-corrected chi connectivity index (χ0v) is 11.8. The van der Waals surface area contributed by atoms with Gasteiger partial charge in [-0.2, -0.15) is 0 Å². The highest BCUT2D eigenvalue weighted by Crippen LogP contribution is 2.39. The van der Waals surface area contributed by atoms with Crippen molar-refractivity contribution >= 4 is 5.71 Å². The number of nitrogens with zero attached hydrogens (tertiary/aromatic N) is 1. The summed E-state index contributed by atoms with van der Waals surface area (Å²) < 4.78 is 13.4. The summed E-state index contributed by atoms with van der Waals surface area (Å²) in [5, 5.41) is 12.5. The molecule has 3 heteroatoms. The number of halogens is 1. The number of aryl methyl sites for hydroxylation is 1. The summed E-state index contributed by atoms with van der Waals surface area (Å²) in [6.45, 7) is 6.08. The second kappa shape index (κ2) is 5.17. The molecule has 0 heterocycles. The summed E-state index contributed by atoms with van der Waals surface area (Å²) in [5.41, 5.74) is 5.12. The second-order valence-corrected chi connectivity index (χ2v) is 5.45. The van der Waals surface area contributed by atoms with Gasteiger partial charge in [0.15, 0.2) is 0 Å². The van der Waals surface area contributed by atoms with Crippen molar-refractivity contribution < 1.29 is 9.60 Å². The van der Waals surface area contributed by atoms with Gasteiger partial charge in [0.2, 0.25) is 0 Å². The Morgan fingerprint density at radius 3 is 2.57 bits per heavy atom. The van der Waals surface area contributed by atoms with Crippen LogP contribution in [0.1, 0.15) is 28.2 Å². The lowest BCUT2D eigenvalue weighted by molar-refractivity contribution is 0.319. The van der Waals surface area contributed by atoms with Crippen molar-refractivity contribution in [3.8, 4) is 0 Å². The summed E-state index contributed by atoms with van der Waals surface area (Å²) >= 11 is 0. The summed E-state index contributed by atoms with van der Waals surface area (Å²) in [7, 11) is 0. The Balaban J connectivity index is 2.00. The van der Waals surface area contributed by atoms with E-state index in [1.165, 1.54) is 23.3 Å². The molecule has 1 aliphatic carbocycles. The Bertz CT molecular complexity index is 731. The first kappa shape index (κ1) is 13.6. The lowest BCUT2D eigenvalue weighted by Gasteiger charge is -2.13. The van der Waals surface area contributed by atoms with Gasteiger partial charge in [-0.05, 0) is 42.2 Å². The number of hydrogen-bond donors (Lipinski definition) is 1. The molecule has 1 unspecified atom stereocenters. The summed E-state index contributed by atoms with van der Waals surface area (Å²) in [6.07, 6.45) is 0.761. The normalized spacial score (nSPS) is 19.0. The van der Waals surface area contributed by atoms with Crippen LogP contribution < -0.4 is 0 Å². The van der Waals surface area contributed by atoms with Crippen molar-refractivity contribution in [1.82, 2.24) is 0 Å². The van der Waals surface area contributed by atoms with Crippen LogP contribution in [0.3, 0.4) is 0 Å². The largest absolute Gasteiger partial charge is 0.410 e. The molecule has 0 bridgehead atoms. The van der Waals surface area contributed by atoms with E-state index in [4.69, 9.17) is 0 Å². The average molecular weight is 281 g/mol. The van der Waals surface area contributed by atoms with E-state index in [0.717, 1.165) is 17.6 Å². The van der Waals surface area contributed by atoms with Gasteiger partial charge in [-0.15, -0.1) is 0 Å². The van der Waals surface area contributed by atoms with Gasteiger partial charge in [-0.3, -0.25) is 0 Å². The number of benzene rings is 2. The molecule has 0 saturated carbocycles. The third-order valence-electron chi connectivity index (χ3n) is 4.03. The van der Waals surface area contributed by atoms with Crippen LogP contribution in [0.25, 0.3) is 0 Å². The molecule has 0 saturated heterocycles. The smallest absolute Gasteiger partial charge is 0.123 e. The maximum Gasteiger partial charge on any atom is 0.123 e. The van der Waals surface area contributed by atoms with Gasteiger partial charge >= 0.3 is 0 Å². The third-order valence-corrected chi connectivity index (χ3v) is 4.03. The topological polar surface area (TPSA) is 32.6 Å². The number of fused-ring (bicyclic) bond motifs is 1. The molecule has 0 aromatic heterocycles. The average Bonchev–Trinajstić information content (AvgIpc) is 2.73. The van der Waals surface area contributed by atoms with Crippen LogP contribution in [0.2, 0.25) is 0 Å². The Hall–Kier alpha value is -2.42. The fourth-order valence-electron chi connectivity index (χ4n) is 2.87. The van der Waals surface area contributed by atoms with Crippen LogP contribution >= 0.6 is 0 Å². The fraction of sp³-hybridized carbons (Fsp3) is 0.167. The molecule has 0 radical (unpaired) electrons. The van der Waals surface area contributed by atoms with E-state index in [2.05, 4.69) is 36.0 Å². The lowest BCUT2D eigenvalue weighted by Crippen LogP contribution is -2.03. The predicted octanol–water partition coefficient (Wildman–Crippen LogP) is 4.21. The van der Waals surface area contributed by atoms with Gasteiger partial charge in [0.1, 0.15) is 11.5 Å². The molecule has 106 valence electrons. The number of hydrogen-bond acceptors (Lipinski definition) is 2. The maximum absolute atomic E-state index is 13.4. The molecule has 0 amide bonds. The Morgan fingerprint density at radius 1 is 1.19 bits per heavy atom.